The number of carbonyl (C=O) groups excluding carboxylic acids is 1. The lowest BCUT2D eigenvalue weighted by Crippen LogP contribution is -2.34. The van der Waals surface area contributed by atoms with Crippen LogP contribution in [0, 0.1) is 11.6 Å². The summed E-state index contributed by atoms with van der Waals surface area (Å²) in [4.78, 5) is 27.2. The molecule has 2 atom stereocenters. The number of halogens is 2. The summed E-state index contributed by atoms with van der Waals surface area (Å²) in [6.45, 7) is 0.411. The minimum absolute atomic E-state index is 0.0377. The Labute approximate surface area is 181 Å². The van der Waals surface area contributed by atoms with Crippen LogP contribution in [-0.2, 0) is 16.1 Å². The molecule has 0 saturated carbocycles. The van der Waals surface area contributed by atoms with Gasteiger partial charge >= 0.3 is 0 Å². The summed E-state index contributed by atoms with van der Waals surface area (Å²) in [5, 5.41) is 1.86. The van der Waals surface area contributed by atoms with E-state index in [-0.39, 0.29) is 17.7 Å². The molecule has 0 aliphatic carbocycles. The van der Waals surface area contributed by atoms with Crippen molar-refractivity contribution in [1.29, 1.82) is 0 Å². The van der Waals surface area contributed by atoms with Gasteiger partial charge in [-0.25, -0.2) is 13.8 Å². The van der Waals surface area contributed by atoms with E-state index in [4.69, 9.17) is 4.74 Å². The van der Waals surface area contributed by atoms with Crippen molar-refractivity contribution < 1.29 is 18.3 Å². The largest absolute Gasteiger partial charge is 0.363 e. The molecule has 10 heteroatoms. The third-order valence-corrected chi connectivity index (χ3v) is 5.82. The van der Waals surface area contributed by atoms with Crippen molar-refractivity contribution >= 4 is 22.9 Å². The Hall–Kier alpha value is -2.98. The summed E-state index contributed by atoms with van der Waals surface area (Å²) in [5.41, 5.74) is 1.43. The molecule has 4 rings (SSSR count). The number of likely N-dealkylation sites (N-methyl/N-ethyl adjacent to an activating group) is 1. The highest BCUT2D eigenvalue weighted by Crippen LogP contribution is 2.25. The smallest absolute Gasteiger partial charge is 0.251 e. The first-order chi connectivity index (χ1) is 14.9. The number of thiazole rings is 1. The van der Waals surface area contributed by atoms with Crippen molar-refractivity contribution in [1.82, 2.24) is 19.4 Å². The Bertz CT molecular complexity index is 1150. The van der Waals surface area contributed by atoms with Crippen LogP contribution < -0.4 is 4.80 Å². The molecule has 1 aliphatic heterocycles. The molecule has 31 heavy (non-hydrogen) atoms. The predicted octanol–water partition coefficient (Wildman–Crippen LogP) is 3.15. The monoisotopic (exact) mass is 445 g/mol. The normalized spacial score (nSPS) is 19.0. The molecule has 2 aromatic heterocycles. The maximum absolute atomic E-state index is 14.2. The highest BCUT2D eigenvalue weighted by Gasteiger charge is 2.32. The fraction of sp³-hybridized carbons (Fsp3) is 0.333. The Balaban J connectivity index is 1.70. The van der Waals surface area contributed by atoms with Crippen LogP contribution >= 0.6 is 11.3 Å². The second-order valence-corrected chi connectivity index (χ2v) is 8.21. The van der Waals surface area contributed by atoms with Gasteiger partial charge < -0.3 is 14.2 Å². The molecule has 0 spiro atoms. The zero-order chi connectivity index (χ0) is 22.0. The van der Waals surface area contributed by atoms with Crippen LogP contribution in [0.2, 0.25) is 0 Å². The van der Waals surface area contributed by atoms with Crippen molar-refractivity contribution in [2.45, 2.75) is 31.6 Å². The zero-order valence-corrected chi connectivity index (χ0v) is 17.9. The van der Waals surface area contributed by atoms with Crippen LogP contribution in [0.25, 0.3) is 11.4 Å². The van der Waals surface area contributed by atoms with E-state index >= 15 is 0 Å². The van der Waals surface area contributed by atoms with Crippen LogP contribution in [0.1, 0.15) is 12.8 Å². The van der Waals surface area contributed by atoms with Crippen LogP contribution in [0.4, 0.5) is 14.5 Å². The van der Waals surface area contributed by atoms with Gasteiger partial charge in [0.1, 0.15) is 23.3 Å². The maximum atomic E-state index is 14.2. The first-order valence-electron chi connectivity index (χ1n) is 9.73. The summed E-state index contributed by atoms with van der Waals surface area (Å²) in [6.07, 6.45) is 5.45. The summed E-state index contributed by atoms with van der Waals surface area (Å²) in [7, 11) is 3.40. The van der Waals surface area contributed by atoms with Crippen LogP contribution in [0.5, 0.6) is 0 Å². The van der Waals surface area contributed by atoms with Gasteiger partial charge in [0.25, 0.3) is 5.91 Å². The molecular formula is C21H21F2N5O2S. The van der Waals surface area contributed by atoms with Crippen molar-refractivity contribution in [2.24, 2.45) is 4.99 Å². The van der Waals surface area contributed by atoms with Gasteiger partial charge in [0.2, 0.25) is 0 Å². The molecule has 0 N–H and O–H groups in total. The molecule has 3 heterocycles. The average Bonchev–Trinajstić information content (AvgIpc) is 3.38. The number of aromatic nitrogens is 3. The van der Waals surface area contributed by atoms with E-state index in [0.717, 1.165) is 11.8 Å². The first kappa shape index (κ1) is 21.3. The van der Waals surface area contributed by atoms with Gasteiger partial charge in [0.05, 0.1) is 24.5 Å². The number of ether oxygens (including phenoxy) is 1. The summed E-state index contributed by atoms with van der Waals surface area (Å²) >= 11 is 1.31. The van der Waals surface area contributed by atoms with Crippen molar-refractivity contribution in [3.05, 3.63) is 58.6 Å². The van der Waals surface area contributed by atoms with Gasteiger partial charge in [0.15, 0.2) is 10.6 Å². The van der Waals surface area contributed by atoms with Crippen LogP contribution in [0.15, 0.2) is 47.2 Å². The second-order valence-electron chi connectivity index (χ2n) is 7.37. The molecule has 0 bridgehead atoms. The molecule has 0 radical (unpaired) electrons. The Morgan fingerprint density at radius 3 is 2.87 bits per heavy atom. The second kappa shape index (κ2) is 9.03. The van der Waals surface area contributed by atoms with Gasteiger partial charge in [-0.15, -0.1) is 11.3 Å². The van der Waals surface area contributed by atoms with Gasteiger partial charge in [-0.1, -0.05) is 0 Å². The van der Waals surface area contributed by atoms with E-state index < -0.39 is 17.7 Å². The number of nitrogens with zero attached hydrogens (tertiary/aromatic N) is 5. The van der Waals surface area contributed by atoms with Gasteiger partial charge in [-0.3, -0.25) is 14.8 Å². The number of rotatable bonds is 5. The molecule has 2 unspecified atom stereocenters. The number of hydrogen-bond acceptors (Lipinski definition) is 6. The van der Waals surface area contributed by atoms with E-state index in [1.54, 1.807) is 32.7 Å². The SMILES string of the molecule is CN(C)C(=O)C1CCC(Cn2c(-c3cnccn3)csc2=Nc2ccc(F)cc2F)O1. The summed E-state index contributed by atoms with van der Waals surface area (Å²) < 4.78 is 35.3. The maximum Gasteiger partial charge on any atom is 0.251 e. The number of carbonyl (C=O) groups is 1. The lowest BCUT2D eigenvalue weighted by molar-refractivity contribution is -0.140. The van der Waals surface area contributed by atoms with Gasteiger partial charge in [-0.05, 0) is 25.0 Å². The molecule has 1 aromatic carbocycles. The molecule has 1 aliphatic rings. The van der Waals surface area contributed by atoms with E-state index in [9.17, 15) is 13.6 Å². The Morgan fingerprint density at radius 1 is 1.32 bits per heavy atom. The third-order valence-electron chi connectivity index (χ3n) is 4.96. The van der Waals surface area contributed by atoms with E-state index in [2.05, 4.69) is 15.0 Å². The van der Waals surface area contributed by atoms with E-state index in [1.165, 1.54) is 28.4 Å². The zero-order valence-electron chi connectivity index (χ0n) is 17.0. The minimum Gasteiger partial charge on any atom is -0.363 e. The standard InChI is InChI=1S/C21H21F2N5O2S/c1-27(2)20(29)19-6-4-14(30-19)11-28-18(17-10-24-7-8-25-17)12-31-21(28)26-16-5-3-13(22)9-15(16)23/h3,5,7-10,12,14,19H,4,6,11H2,1-2H3. The Morgan fingerprint density at radius 2 is 2.16 bits per heavy atom. The third kappa shape index (κ3) is 4.70. The molecule has 1 fully saturated rings. The number of benzene rings is 1. The minimum atomic E-state index is -0.741. The molecular weight excluding hydrogens is 424 g/mol. The fourth-order valence-electron chi connectivity index (χ4n) is 3.42. The van der Waals surface area contributed by atoms with Crippen molar-refractivity contribution in [3.63, 3.8) is 0 Å². The molecule has 1 saturated heterocycles. The predicted molar refractivity (Wildman–Crippen MR) is 112 cm³/mol. The summed E-state index contributed by atoms with van der Waals surface area (Å²) in [5.74, 6) is -1.47. The first-order valence-corrected chi connectivity index (χ1v) is 10.6. The number of amides is 1. The lowest BCUT2D eigenvalue weighted by atomic mass is 10.2. The van der Waals surface area contributed by atoms with E-state index in [0.29, 0.717) is 29.9 Å². The van der Waals surface area contributed by atoms with Gasteiger partial charge in [0, 0.05) is 37.9 Å². The topological polar surface area (TPSA) is 72.6 Å². The lowest BCUT2D eigenvalue weighted by Gasteiger charge is -2.18. The molecule has 162 valence electrons. The molecule has 3 aromatic rings. The van der Waals surface area contributed by atoms with E-state index in [1.807, 2.05) is 9.95 Å². The van der Waals surface area contributed by atoms with Crippen LogP contribution in [0.3, 0.4) is 0 Å². The summed E-state index contributed by atoms with van der Waals surface area (Å²) in [6, 6.07) is 3.27. The highest BCUT2D eigenvalue weighted by atomic mass is 32.1. The van der Waals surface area contributed by atoms with Crippen molar-refractivity contribution in [2.75, 3.05) is 14.1 Å². The fourth-order valence-corrected chi connectivity index (χ4v) is 4.34. The van der Waals surface area contributed by atoms with Gasteiger partial charge in [-0.2, -0.15) is 0 Å². The highest BCUT2D eigenvalue weighted by molar-refractivity contribution is 7.07. The van der Waals surface area contributed by atoms with Crippen LogP contribution in [-0.4, -0.2) is 51.6 Å². The molecule has 7 nitrogen and oxygen atoms in total. The number of hydrogen-bond donors (Lipinski definition) is 0. The molecule has 1 amide bonds. The van der Waals surface area contributed by atoms with Crippen molar-refractivity contribution in [3.8, 4) is 11.4 Å². The Kier molecular flexibility index (Phi) is 6.19. The average molecular weight is 445 g/mol. The quantitative estimate of drug-likeness (QED) is 0.605.